The number of likely N-dealkylation sites (tertiary alicyclic amines) is 1. The highest BCUT2D eigenvalue weighted by Gasteiger charge is 2.19. The first-order chi connectivity index (χ1) is 13.2. The number of hydrogen-bond acceptors (Lipinski definition) is 2. The minimum Gasteiger partial charge on any atom is -0.352 e. The minimum atomic E-state index is -0.229. The Balaban J connectivity index is 0.00000280. The van der Waals surface area contributed by atoms with Crippen LogP contribution in [0.3, 0.4) is 0 Å². The molecule has 1 heterocycles. The molecule has 0 spiro atoms. The van der Waals surface area contributed by atoms with Crippen LogP contribution in [-0.2, 0) is 24.4 Å². The summed E-state index contributed by atoms with van der Waals surface area (Å²) < 4.78 is 13.7. The van der Waals surface area contributed by atoms with Gasteiger partial charge in [-0.2, -0.15) is 0 Å². The number of benzene rings is 2. The van der Waals surface area contributed by atoms with Crippen LogP contribution in [0.2, 0.25) is 0 Å². The molecule has 1 saturated heterocycles. The standard InChI is InChI=1S/C21H25FN4O.HI/c1-23-21(25-14-18-5-2-3-6-19(18)22)24-13-16-8-10-17(11-9-16)15-26-12-4-7-20(26)27;/h2-3,5-6,8-11H,4,7,12-15H2,1H3,(H2,23,24,25);1H. The monoisotopic (exact) mass is 496 g/mol. The predicted molar refractivity (Wildman–Crippen MR) is 120 cm³/mol. The molecule has 0 aliphatic carbocycles. The lowest BCUT2D eigenvalue weighted by atomic mass is 10.1. The van der Waals surface area contributed by atoms with Gasteiger partial charge in [-0.05, 0) is 23.6 Å². The van der Waals surface area contributed by atoms with Gasteiger partial charge in [-0.15, -0.1) is 24.0 Å². The normalized spacial score (nSPS) is 14.0. The molecule has 150 valence electrons. The minimum absolute atomic E-state index is 0. The van der Waals surface area contributed by atoms with E-state index in [1.54, 1.807) is 19.2 Å². The molecule has 0 bridgehead atoms. The molecule has 3 rings (SSSR count). The Morgan fingerprint density at radius 1 is 1.07 bits per heavy atom. The molecule has 1 aliphatic rings. The first kappa shape index (κ1) is 22.1. The van der Waals surface area contributed by atoms with Gasteiger partial charge in [0.15, 0.2) is 5.96 Å². The van der Waals surface area contributed by atoms with Crippen LogP contribution in [0.4, 0.5) is 4.39 Å². The SMILES string of the molecule is CN=C(NCc1ccc(CN2CCCC2=O)cc1)NCc1ccccc1F.I. The third-order valence-corrected chi connectivity index (χ3v) is 4.66. The summed E-state index contributed by atoms with van der Waals surface area (Å²) in [4.78, 5) is 17.8. The summed E-state index contributed by atoms with van der Waals surface area (Å²) in [6.07, 6.45) is 1.63. The first-order valence-electron chi connectivity index (χ1n) is 9.19. The molecule has 1 aliphatic heterocycles. The molecule has 7 heteroatoms. The maximum atomic E-state index is 13.7. The van der Waals surface area contributed by atoms with Crippen LogP contribution in [0.15, 0.2) is 53.5 Å². The Morgan fingerprint density at radius 3 is 2.39 bits per heavy atom. The average Bonchev–Trinajstić information content (AvgIpc) is 3.09. The molecule has 2 aromatic rings. The third kappa shape index (κ3) is 6.19. The Morgan fingerprint density at radius 2 is 1.75 bits per heavy atom. The lowest BCUT2D eigenvalue weighted by Crippen LogP contribution is -2.36. The fourth-order valence-corrected chi connectivity index (χ4v) is 3.08. The molecule has 0 radical (unpaired) electrons. The Kier molecular flexibility index (Phi) is 8.69. The number of nitrogens with zero attached hydrogens (tertiary/aromatic N) is 2. The van der Waals surface area contributed by atoms with Crippen LogP contribution in [0.1, 0.15) is 29.5 Å². The lowest BCUT2D eigenvalue weighted by Gasteiger charge is -2.16. The molecule has 0 atom stereocenters. The van der Waals surface area contributed by atoms with Crippen LogP contribution in [0.5, 0.6) is 0 Å². The second-order valence-electron chi connectivity index (χ2n) is 6.61. The van der Waals surface area contributed by atoms with Crippen molar-refractivity contribution in [2.75, 3.05) is 13.6 Å². The second-order valence-corrected chi connectivity index (χ2v) is 6.61. The van der Waals surface area contributed by atoms with Gasteiger partial charge in [0.1, 0.15) is 5.82 Å². The number of rotatable bonds is 6. The Bertz CT molecular complexity index is 810. The summed E-state index contributed by atoms with van der Waals surface area (Å²) in [6, 6.07) is 14.9. The summed E-state index contributed by atoms with van der Waals surface area (Å²) in [6.45, 7) is 2.51. The van der Waals surface area contributed by atoms with Crippen molar-refractivity contribution in [1.82, 2.24) is 15.5 Å². The second kappa shape index (κ2) is 11.0. The molecule has 1 fully saturated rings. The summed E-state index contributed by atoms with van der Waals surface area (Å²) in [5.74, 6) is 0.628. The summed E-state index contributed by atoms with van der Waals surface area (Å²) >= 11 is 0. The molecule has 2 aromatic carbocycles. The maximum Gasteiger partial charge on any atom is 0.222 e. The number of hydrogen-bond donors (Lipinski definition) is 2. The van der Waals surface area contributed by atoms with Crippen LogP contribution >= 0.6 is 24.0 Å². The van der Waals surface area contributed by atoms with Gasteiger partial charge >= 0.3 is 0 Å². The van der Waals surface area contributed by atoms with Crippen molar-refractivity contribution in [2.45, 2.75) is 32.5 Å². The van der Waals surface area contributed by atoms with Crippen molar-refractivity contribution in [3.63, 3.8) is 0 Å². The van der Waals surface area contributed by atoms with Gasteiger partial charge in [0.2, 0.25) is 5.91 Å². The average molecular weight is 496 g/mol. The number of amides is 1. The maximum absolute atomic E-state index is 13.7. The molecule has 2 N–H and O–H groups in total. The van der Waals surface area contributed by atoms with Crippen molar-refractivity contribution in [1.29, 1.82) is 0 Å². The molecule has 5 nitrogen and oxygen atoms in total. The number of aliphatic imine (C=N–C) groups is 1. The van der Waals surface area contributed by atoms with E-state index in [9.17, 15) is 9.18 Å². The lowest BCUT2D eigenvalue weighted by molar-refractivity contribution is -0.128. The van der Waals surface area contributed by atoms with Crippen molar-refractivity contribution < 1.29 is 9.18 Å². The molecule has 0 saturated carbocycles. The molecular formula is C21H26FIN4O. The van der Waals surface area contributed by atoms with Crippen LogP contribution in [0.25, 0.3) is 0 Å². The number of guanidine groups is 1. The molecule has 28 heavy (non-hydrogen) atoms. The topological polar surface area (TPSA) is 56.7 Å². The zero-order valence-corrected chi connectivity index (χ0v) is 18.3. The number of carbonyl (C=O) groups is 1. The summed E-state index contributed by atoms with van der Waals surface area (Å²) in [5.41, 5.74) is 2.85. The van der Waals surface area contributed by atoms with E-state index < -0.39 is 0 Å². The largest absolute Gasteiger partial charge is 0.352 e. The van der Waals surface area contributed by atoms with Gasteiger partial charge in [-0.3, -0.25) is 9.79 Å². The predicted octanol–water partition coefficient (Wildman–Crippen LogP) is 3.43. The molecule has 0 aromatic heterocycles. The van der Waals surface area contributed by atoms with E-state index in [2.05, 4.69) is 27.8 Å². The van der Waals surface area contributed by atoms with Crippen molar-refractivity contribution in [2.24, 2.45) is 4.99 Å². The van der Waals surface area contributed by atoms with E-state index in [1.165, 1.54) is 6.07 Å². The van der Waals surface area contributed by atoms with Gasteiger partial charge in [0.05, 0.1) is 0 Å². The highest BCUT2D eigenvalue weighted by molar-refractivity contribution is 14.0. The fraction of sp³-hybridized carbons (Fsp3) is 0.333. The van der Waals surface area contributed by atoms with Gasteiger partial charge in [0, 0.05) is 45.2 Å². The zero-order valence-electron chi connectivity index (χ0n) is 16.0. The quantitative estimate of drug-likeness (QED) is 0.366. The van der Waals surface area contributed by atoms with Crippen molar-refractivity contribution >= 4 is 35.8 Å². The van der Waals surface area contributed by atoms with E-state index in [-0.39, 0.29) is 35.7 Å². The van der Waals surface area contributed by atoms with E-state index in [0.29, 0.717) is 37.6 Å². The van der Waals surface area contributed by atoms with Crippen LogP contribution in [-0.4, -0.2) is 30.4 Å². The highest BCUT2D eigenvalue weighted by Crippen LogP contribution is 2.14. The van der Waals surface area contributed by atoms with E-state index in [0.717, 1.165) is 24.1 Å². The van der Waals surface area contributed by atoms with E-state index in [4.69, 9.17) is 0 Å². The fourth-order valence-electron chi connectivity index (χ4n) is 3.08. The van der Waals surface area contributed by atoms with Crippen LogP contribution < -0.4 is 10.6 Å². The number of halogens is 2. The Hall–Kier alpha value is -2.16. The molecule has 0 unspecified atom stereocenters. The van der Waals surface area contributed by atoms with Crippen molar-refractivity contribution in [3.8, 4) is 0 Å². The highest BCUT2D eigenvalue weighted by atomic mass is 127. The van der Waals surface area contributed by atoms with Gasteiger partial charge < -0.3 is 15.5 Å². The van der Waals surface area contributed by atoms with Gasteiger partial charge in [-0.1, -0.05) is 42.5 Å². The van der Waals surface area contributed by atoms with Gasteiger partial charge in [-0.25, -0.2) is 4.39 Å². The molecule has 1 amide bonds. The summed E-state index contributed by atoms with van der Waals surface area (Å²) in [7, 11) is 1.69. The number of carbonyl (C=O) groups excluding carboxylic acids is 1. The third-order valence-electron chi connectivity index (χ3n) is 4.66. The van der Waals surface area contributed by atoms with E-state index >= 15 is 0 Å². The van der Waals surface area contributed by atoms with Gasteiger partial charge in [0.25, 0.3) is 0 Å². The smallest absolute Gasteiger partial charge is 0.222 e. The van der Waals surface area contributed by atoms with Crippen molar-refractivity contribution in [3.05, 3.63) is 71.0 Å². The van der Waals surface area contributed by atoms with Crippen LogP contribution in [0, 0.1) is 5.82 Å². The zero-order chi connectivity index (χ0) is 19.1. The Labute approximate surface area is 182 Å². The summed E-state index contributed by atoms with van der Waals surface area (Å²) in [5, 5.41) is 6.34. The molecular weight excluding hydrogens is 470 g/mol. The van der Waals surface area contributed by atoms with E-state index in [1.807, 2.05) is 23.1 Å². The number of nitrogens with one attached hydrogen (secondary N) is 2. The first-order valence-corrected chi connectivity index (χ1v) is 9.19.